The first-order valence-corrected chi connectivity index (χ1v) is 8.50. The van der Waals surface area contributed by atoms with Crippen LogP contribution in [-0.4, -0.2) is 35.8 Å². The normalized spacial score (nSPS) is 22.5. The van der Waals surface area contributed by atoms with E-state index in [-0.39, 0.29) is 23.8 Å². The van der Waals surface area contributed by atoms with E-state index in [2.05, 4.69) is 5.32 Å². The molecule has 5 heteroatoms. The lowest BCUT2D eigenvalue weighted by Crippen LogP contribution is -2.45. The summed E-state index contributed by atoms with van der Waals surface area (Å²) in [4.78, 5) is 26.3. The van der Waals surface area contributed by atoms with Crippen LogP contribution in [0.3, 0.4) is 0 Å². The molecular formula is C18H25N3O2. The number of hydrogen-bond donors (Lipinski definition) is 2. The minimum atomic E-state index is 0.0513. The van der Waals surface area contributed by atoms with Crippen LogP contribution < -0.4 is 11.1 Å². The van der Waals surface area contributed by atoms with Gasteiger partial charge in [0.2, 0.25) is 5.91 Å². The minimum absolute atomic E-state index is 0.0513. The van der Waals surface area contributed by atoms with Gasteiger partial charge >= 0.3 is 0 Å². The molecule has 1 aromatic carbocycles. The van der Waals surface area contributed by atoms with Crippen LogP contribution in [0.1, 0.15) is 43.0 Å². The Kier molecular flexibility index (Phi) is 4.66. The van der Waals surface area contributed by atoms with Crippen LogP contribution in [0.15, 0.2) is 24.3 Å². The van der Waals surface area contributed by atoms with Gasteiger partial charge in [-0.25, -0.2) is 0 Å². The van der Waals surface area contributed by atoms with Gasteiger partial charge in [-0.2, -0.15) is 0 Å². The van der Waals surface area contributed by atoms with Crippen molar-refractivity contribution in [1.29, 1.82) is 0 Å². The number of nitrogens with one attached hydrogen (secondary N) is 1. The molecule has 23 heavy (non-hydrogen) atoms. The highest BCUT2D eigenvalue weighted by atomic mass is 16.2. The molecule has 124 valence electrons. The van der Waals surface area contributed by atoms with Crippen molar-refractivity contribution >= 4 is 17.5 Å². The van der Waals surface area contributed by atoms with Crippen molar-refractivity contribution in [2.24, 2.45) is 17.6 Å². The maximum Gasteiger partial charge on any atom is 0.253 e. The summed E-state index contributed by atoms with van der Waals surface area (Å²) < 4.78 is 0. The third kappa shape index (κ3) is 3.91. The van der Waals surface area contributed by atoms with Gasteiger partial charge < -0.3 is 16.0 Å². The fourth-order valence-electron chi connectivity index (χ4n) is 3.09. The summed E-state index contributed by atoms with van der Waals surface area (Å²) in [5, 5.41) is 2.89. The number of anilines is 1. The monoisotopic (exact) mass is 315 g/mol. The summed E-state index contributed by atoms with van der Waals surface area (Å²) >= 11 is 0. The van der Waals surface area contributed by atoms with Crippen molar-refractivity contribution < 1.29 is 9.59 Å². The van der Waals surface area contributed by atoms with Gasteiger partial charge in [0.05, 0.1) is 0 Å². The van der Waals surface area contributed by atoms with Crippen LogP contribution in [0, 0.1) is 11.8 Å². The molecule has 2 unspecified atom stereocenters. The number of likely N-dealkylation sites (tertiary alicyclic amines) is 1. The van der Waals surface area contributed by atoms with Crippen molar-refractivity contribution in [3.63, 3.8) is 0 Å². The number of benzene rings is 1. The van der Waals surface area contributed by atoms with Gasteiger partial charge in [0, 0.05) is 36.3 Å². The first-order valence-electron chi connectivity index (χ1n) is 8.50. The molecule has 1 saturated carbocycles. The Morgan fingerprint density at radius 3 is 2.52 bits per heavy atom. The Labute approximate surface area is 137 Å². The Hall–Kier alpha value is -1.88. The molecule has 0 aromatic heterocycles. The van der Waals surface area contributed by atoms with E-state index >= 15 is 0 Å². The molecule has 0 bridgehead atoms. The molecular weight excluding hydrogens is 290 g/mol. The average molecular weight is 315 g/mol. The lowest BCUT2D eigenvalue weighted by molar-refractivity contribution is -0.117. The molecule has 1 heterocycles. The topological polar surface area (TPSA) is 75.4 Å². The molecule has 5 nitrogen and oxygen atoms in total. The van der Waals surface area contributed by atoms with Gasteiger partial charge in [-0.1, -0.05) is 0 Å². The van der Waals surface area contributed by atoms with Crippen molar-refractivity contribution in [1.82, 2.24) is 4.90 Å². The molecule has 1 aliphatic carbocycles. The molecule has 2 fully saturated rings. The maximum absolute atomic E-state index is 12.6. The number of nitrogens with zero attached hydrogens (tertiary/aromatic N) is 1. The molecule has 2 atom stereocenters. The maximum atomic E-state index is 12.6. The van der Waals surface area contributed by atoms with E-state index in [1.54, 1.807) is 24.3 Å². The van der Waals surface area contributed by atoms with Crippen LogP contribution in [0.2, 0.25) is 0 Å². The van der Waals surface area contributed by atoms with E-state index < -0.39 is 0 Å². The van der Waals surface area contributed by atoms with E-state index in [9.17, 15) is 9.59 Å². The zero-order chi connectivity index (χ0) is 16.4. The second-order valence-corrected chi connectivity index (χ2v) is 6.85. The van der Waals surface area contributed by atoms with Crippen LogP contribution in [0.25, 0.3) is 0 Å². The number of amides is 2. The second kappa shape index (κ2) is 6.71. The summed E-state index contributed by atoms with van der Waals surface area (Å²) in [5.41, 5.74) is 7.41. The molecule has 3 N–H and O–H groups in total. The zero-order valence-electron chi connectivity index (χ0n) is 13.6. The third-order valence-corrected chi connectivity index (χ3v) is 4.84. The number of nitrogens with two attached hydrogens (primary N) is 1. The van der Waals surface area contributed by atoms with Gasteiger partial charge in [0.1, 0.15) is 0 Å². The average Bonchev–Trinajstić information content (AvgIpc) is 3.40. The number of carbonyl (C=O) groups is 2. The standard InChI is InChI=1S/C18H25N3O2/c1-12(19)15-3-2-10-21(11-15)18(23)14-6-8-16(9-7-14)20-17(22)13-4-5-13/h6-9,12-13,15H,2-5,10-11,19H2,1H3,(H,20,22). The van der Waals surface area contributed by atoms with Crippen molar-refractivity contribution in [3.05, 3.63) is 29.8 Å². The lowest BCUT2D eigenvalue weighted by atomic mass is 9.92. The van der Waals surface area contributed by atoms with E-state index in [0.717, 1.165) is 44.5 Å². The second-order valence-electron chi connectivity index (χ2n) is 6.85. The molecule has 3 rings (SSSR count). The van der Waals surface area contributed by atoms with Gasteiger partial charge in [-0.3, -0.25) is 9.59 Å². The van der Waals surface area contributed by atoms with Crippen LogP contribution in [0.5, 0.6) is 0 Å². The van der Waals surface area contributed by atoms with E-state index in [4.69, 9.17) is 5.73 Å². The largest absolute Gasteiger partial charge is 0.338 e. The van der Waals surface area contributed by atoms with Crippen LogP contribution in [-0.2, 0) is 4.79 Å². The molecule has 0 radical (unpaired) electrons. The highest BCUT2D eigenvalue weighted by Crippen LogP contribution is 2.30. The first kappa shape index (κ1) is 16.0. The zero-order valence-corrected chi connectivity index (χ0v) is 13.6. The third-order valence-electron chi connectivity index (χ3n) is 4.84. The van der Waals surface area contributed by atoms with Crippen molar-refractivity contribution in [2.45, 2.75) is 38.6 Å². The van der Waals surface area contributed by atoms with Crippen LogP contribution in [0.4, 0.5) is 5.69 Å². The van der Waals surface area contributed by atoms with E-state index in [1.165, 1.54) is 0 Å². The Morgan fingerprint density at radius 2 is 1.91 bits per heavy atom. The highest BCUT2D eigenvalue weighted by Gasteiger charge is 2.30. The fraction of sp³-hybridized carbons (Fsp3) is 0.556. The fourth-order valence-corrected chi connectivity index (χ4v) is 3.09. The Balaban J connectivity index is 1.61. The van der Waals surface area contributed by atoms with Gasteiger partial charge in [-0.05, 0) is 62.8 Å². The Morgan fingerprint density at radius 1 is 1.22 bits per heavy atom. The summed E-state index contributed by atoms with van der Waals surface area (Å²) in [6.07, 6.45) is 4.07. The molecule has 1 saturated heterocycles. The molecule has 2 aliphatic rings. The van der Waals surface area contributed by atoms with Gasteiger partial charge in [0.15, 0.2) is 0 Å². The van der Waals surface area contributed by atoms with E-state index in [0.29, 0.717) is 11.5 Å². The first-order chi connectivity index (χ1) is 11.0. The van der Waals surface area contributed by atoms with E-state index in [1.807, 2.05) is 11.8 Å². The molecule has 0 spiro atoms. The molecule has 1 aliphatic heterocycles. The summed E-state index contributed by atoms with van der Waals surface area (Å²) in [6, 6.07) is 7.31. The van der Waals surface area contributed by atoms with Crippen LogP contribution >= 0.6 is 0 Å². The molecule has 2 amide bonds. The lowest BCUT2D eigenvalue weighted by Gasteiger charge is -2.34. The summed E-state index contributed by atoms with van der Waals surface area (Å²) in [7, 11) is 0. The Bertz CT molecular complexity index is 578. The van der Waals surface area contributed by atoms with Crippen molar-refractivity contribution in [2.75, 3.05) is 18.4 Å². The smallest absolute Gasteiger partial charge is 0.253 e. The summed E-state index contributed by atoms with van der Waals surface area (Å²) in [6.45, 7) is 3.54. The number of carbonyl (C=O) groups excluding carboxylic acids is 2. The van der Waals surface area contributed by atoms with Gasteiger partial charge in [0.25, 0.3) is 5.91 Å². The molecule has 1 aromatic rings. The number of rotatable bonds is 4. The van der Waals surface area contributed by atoms with Crippen molar-refractivity contribution in [3.8, 4) is 0 Å². The number of hydrogen-bond acceptors (Lipinski definition) is 3. The SMILES string of the molecule is CC(N)C1CCCN(C(=O)c2ccc(NC(=O)C3CC3)cc2)C1. The summed E-state index contributed by atoms with van der Waals surface area (Å²) in [5.74, 6) is 0.694. The number of piperidine rings is 1. The quantitative estimate of drug-likeness (QED) is 0.894. The predicted molar refractivity (Wildman–Crippen MR) is 90.1 cm³/mol. The van der Waals surface area contributed by atoms with Gasteiger partial charge in [-0.15, -0.1) is 0 Å². The predicted octanol–water partition coefficient (Wildman–Crippen LogP) is 2.23. The minimum Gasteiger partial charge on any atom is -0.338 e. The highest BCUT2D eigenvalue weighted by molar-refractivity contribution is 5.96.